The Bertz CT molecular complexity index is 662. The molecule has 0 saturated heterocycles. The van der Waals surface area contributed by atoms with Gasteiger partial charge in [-0.15, -0.1) is 0 Å². The van der Waals surface area contributed by atoms with Crippen molar-refractivity contribution in [3.8, 4) is 17.2 Å². The zero-order valence-corrected chi connectivity index (χ0v) is 12.2. The van der Waals surface area contributed by atoms with Gasteiger partial charge < -0.3 is 15.2 Å². The molecule has 0 atom stereocenters. The van der Waals surface area contributed by atoms with Crippen LogP contribution in [0, 0.1) is 11.2 Å². The van der Waals surface area contributed by atoms with Gasteiger partial charge in [0.05, 0.1) is 17.1 Å². The zero-order valence-electron chi connectivity index (χ0n) is 10.6. The summed E-state index contributed by atoms with van der Waals surface area (Å²) in [6.07, 6.45) is 0. The highest BCUT2D eigenvalue weighted by Crippen LogP contribution is 2.34. The molecule has 0 spiro atoms. The number of hydrogen-bond acceptors (Lipinski definition) is 3. The van der Waals surface area contributed by atoms with E-state index in [1.54, 1.807) is 25.3 Å². The highest BCUT2D eigenvalue weighted by atomic mass is 79.9. The largest absolute Gasteiger partial charge is 0.497 e. The highest BCUT2D eigenvalue weighted by Gasteiger charge is 2.11. The van der Waals surface area contributed by atoms with Gasteiger partial charge in [-0.25, -0.2) is 4.39 Å². The lowest BCUT2D eigenvalue weighted by Crippen LogP contribution is -2.12. The molecule has 2 aromatic carbocycles. The van der Waals surface area contributed by atoms with E-state index in [1.807, 2.05) is 0 Å². The first kappa shape index (κ1) is 14.3. The summed E-state index contributed by atoms with van der Waals surface area (Å²) in [7, 11) is 1.57. The number of nitrogens with one attached hydrogen (secondary N) is 1. The average molecular weight is 339 g/mol. The number of halogens is 2. The molecule has 0 bridgehead atoms. The van der Waals surface area contributed by atoms with Crippen molar-refractivity contribution in [1.82, 2.24) is 0 Å². The lowest BCUT2D eigenvalue weighted by molar-refractivity contribution is 0.412. The Morgan fingerprint density at radius 2 is 1.90 bits per heavy atom. The smallest absolute Gasteiger partial charge is 0.141 e. The molecule has 0 amide bonds. The van der Waals surface area contributed by atoms with Crippen molar-refractivity contribution in [1.29, 1.82) is 5.41 Å². The number of nitrogen functional groups attached to an aromatic ring is 1. The van der Waals surface area contributed by atoms with Crippen LogP contribution in [0.5, 0.6) is 17.2 Å². The molecule has 0 aliphatic carbocycles. The standard InChI is InChI=1S/C14H12BrFN2O2/c1-19-9-3-5-13(11(15)7-9)20-12-4-2-8(16)6-10(12)14(17)18/h2-7H,1H3,(H3,17,18). The van der Waals surface area contributed by atoms with E-state index in [4.69, 9.17) is 20.6 Å². The van der Waals surface area contributed by atoms with Crippen molar-refractivity contribution in [3.63, 3.8) is 0 Å². The van der Waals surface area contributed by atoms with Crippen molar-refractivity contribution >= 4 is 21.8 Å². The molecule has 0 radical (unpaired) electrons. The Morgan fingerprint density at radius 3 is 2.50 bits per heavy atom. The van der Waals surface area contributed by atoms with E-state index in [-0.39, 0.29) is 11.4 Å². The second-order valence-corrected chi connectivity index (χ2v) is 4.81. The minimum Gasteiger partial charge on any atom is -0.497 e. The van der Waals surface area contributed by atoms with E-state index < -0.39 is 5.82 Å². The molecule has 0 aromatic heterocycles. The van der Waals surface area contributed by atoms with E-state index in [1.165, 1.54) is 12.1 Å². The first-order chi connectivity index (χ1) is 9.51. The van der Waals surface area contributed by atoms with Gasteiger partial charge in [0.25, 0.3) is 0 Å². The first-order valence-electron chi connectivity index (χ1n) is 5.66. The fraction of sp³-hybridized carbons (Fsp3) is 0.0714. The summed E-state index contributed by atoms with van der Waals surface area (Å²) < 4.78 is 24.6. The summed E-state index contributed by atoms with van der Waals surface area (Å²) in [5.74, 6) is 0.764. The minimum absolute atomic E-state index is 0.202. The second kappa shape index (κ2) is 5.92. The van der Waals surface area contributed by atoms with E-state index in [0.717, 1.165) is 6.07 Å². The van der Waals surface area contributed by atoms with Gasteiger partial charge in [-0.05, 0) is 52.3 Å². The van der Waals surface area contributed by atoms with Crippen LogP contribution in [-0.4, -0.2) is 12.9 Å². The van der Waals surface area contributed by atoms with Crippen LogP contribution in [-0.2, 0) is 0 Å². The molecule has 0 unspecified atom stereocenters. The van der Waals surface area contributed by atoms with Gasteiger partial charge in [0, 0.05) is 0 Å². The third-order valence-electron chi connectivity index (χ3n) is 2.59. The molecule has 2 rings (SSSR count). The van der Waals surface area contributed by atoms with Gasteiger partial charge in [0.1, 0.15) is 28.9 Å². The zero-order chi connectivity index (χ0) is 14.7. The molecule has 2 aromatic rings. The molecular weight excluding hydrogens is 327 g/mol. The molecule has 0 fully saturated rings. The van der Waals surface area contributed by atoms with E-state index in [0.29, 0.717) is 21.7 Å². The quantitative estimate of drug-likeness (QED) is 0.660. The lowest BCUT2D eigenvalue weighted by atomic mass is 10.2. The summed E-state index contributed by atoms with van der Waals surface area (Å²) in [5, 5.41) is 7.46. The maximum Gasteiger partial charge on any atom is 0.141 e. The molecule has 0 heterocycles. The van der Waals surface area contributed by atoms with Crippen LogP contribution in [0.25, 0.3) is 0 Å². The van der Waals surface area contributed by atoms with Crippen LogP contribution in [0.15, 0.2) is 40.9 Å². The van der Waals surface area contributed by atoms with Gasteiger partial charge in [-0.2, -0.15) is 0 Å². The van der Waals surface area contributed by atoms with Crippen LogP contribution in [0.3, 0.4) is 0 Å². The summed E-state index contributed by atoms with van der Waals surface area (Å²) in [4.78, 5) is 0. The molecule has 20 heavy (non-hydrogen) atoms. The monoisotopic (exact) mass is 338 g/mol. The van der Waals surface area contributed by atoms with Gasteiger partial charge in [-0.3, -0.25) is 5.41 Å². The van der Waals surface area contributed by atoms with Crippen molar-refractivity contribution in [2.45, 2.75) is 0 Å². The maximum absolute atomic E-state index is 13.2. The van der Waals surface area contributed by atoms with Crippen molar-refractivity contribution in [2.75, 3.05) is 7.11 Å². The highest BCUT2D eigenvalue weighted by molar-refractivity contribution is 9.10. The Balaban J connectivity index is 2.37. The molecule has 0 saturated carbocycles. The number of ether oxygens (including phenoxy) is 2. The average Bonchev–Trinajstić information content (AvgIpc) is 2.42. The van der Waals surface area contributed by atoms with Crippen LogP contribution in [0.1, 0.15) is 5.56 Å². The predicted octanol–water partition coefficient (Wildman–Crippen LogP) is 3.67. The summed E-state index contributed by atoms with van der Waals surface area (Å²) >= 11 is 3.36. The minimum atomic E-state index is -0.476. The Kier molecular flexibility index (Phi) is 4.24. The lowest BCUT2D eigenvalue weighted by Gasteiger charge is -2.12. The Labute approximate surface area is 124 Å². The van der Waals surface area contributed by atoms with Gasteiger partial charge in [0.2, 0.25) is 0 Å². The van der Waals surface area contributed by atoms with Crippen LogP contribution in [0.4, 0.5) is 4.39 Å². The topological polar surface area (TPSA) is 68.3 Å². The third kappa shape index (κ3) is 3.08. The van der Waals surface area contributed by atoms with Crippen molar-refractivity contribution in [2.24, 2.45) is 5.73 Å². The summed E-state index contributed by atoms with van der Waals surface area (Å²) in [6, 6.07) is 9.02. The molecule has 0 aliphatic rings. The van der Waals surface area contributed by atoms with E-state index in [9.17, 15) is 4.39 Å². The van der Waals surface area contributed by atoms with Gasteiger partial charge in [-0.1, -0.05) is 0 Å². The Morgan fingerprint density at radius 1 is 1.20 bits per heavy atom. The number of nitrogens with two attached hydrogens (primary N) is 1. The SMILES string of the molecule is COc1ccc(Oc2ccc(F)cc2C(=N)N)c(Br)c1. The van der Waals surface area contributed by atoms with Crippen LogP contribution < -0.4 is 15.2 Å². The van der Waals surface area contributed by atoms with E-state index >= 15 is 0 Å². The Hall–Kier alpha value is -2.08. The normalized spacial score (nSPS) is 10.2. The van der Waals surface area contributed by atoms with Gasteiger partial charge in [0.15, 0.2) is 0 Å². The number of methoxy groups -OCH3 is 1. The second-order valence-electron chi connectivity index (χ2n) is 3.95. The first-order valence-corrected chi connectivity index (χ1v) is 6.46. The van der Waals surface area contributed by atoms with E-state index in [2.05, 4.69) is 15.9 Å². The number of benzene rings is 2. The van der Waals surface area contributed by atoms with Gasteiger partial charge >= 0.3 is 0 Å². The number of rotatable bonds is 4. The molecular formula is C14H12BrFN2O2. The summed E-state index contributed by atoms with van der Waals surface area (Å²) in [6.45, 7) is 0. The van der Waals surface area contributed by atoms with Crippen molar-refractivity contribution < 1.29 is 13.9 Å². The fourth-order valence-corrected chi connectivity index (χ4v) is 2.05. The molecule has 104 valence electrons. The predicted molar refractivity (Wildman–Crippen MR) is 78.2 cm³/mol. The number of amidine groups is 1. The summed E-state index contributed by atoms with van der Waals surface area (Å²) in [5.41, 5.74) is 5.63. The maximum atomic E-state index is 13.2. The number of hydrogen-bond donors (Lipinski definition) is 2. The van der Waals surface area contributed by atoms with Crippen LogP contribution in [0.2, 0.25) is 0 Å². The third-order valence-corrected chi connectivity index (χ3v) is 3.21. The molecule has 6 heteroatoms. The molecule has 0 aliphatic heterocycles. The molecule has 3 N–H and O–H groups in total. The molecule has 4 nitrogen and oxygen atoms in total. The van der Waals surface area contributed by atoms with Crippen molar-refractivity contribution in [3.05, 3.63) is 52.3 Å². The fourth-order valence-electron chi connectivity index (χ4n) is 1.61. The van der Waals surface area contributed by atoms with Crippen LogP contribution >= 0.6 is 15.9 Å².